The first-order valence-corrected chi connectivity index (χ1v) is 11.0. The predicted octanol–water partition coefficient (Wildman–Crippen LogP) is 4.60. The Morgan fingerprint density at radius 2 is 1.71 bits per heavy atom. The monoisotopic (exact) mass is 473 g/mol. The molecule has 1 amide bonds. The lowest BCUT2D eigenvalue weighted by Gasteiger charge is -2.39. The largest absolute Gasteiger partial charge is 0.497 e. The molecule has 1 N–H and O–H groups in total. The molecule has 4 rings (SSSR count). The molecule has 1 saturated heterocycles. The Bertz CT molecular complexity index is 1060. The molecule has 1 aliphatic rings. The highest BCUT2D eigenvalue weighted by Crippen LogP contribution is 2.29. The number of methoxy groups -OCH3 is 1. The van der Waals surface area contributed by atoms with Gasteiger partial charge in [0.2, 0.25) is 0 Å². The van der Waals surface area contributed by atoms with Crippen LogP contribution in [-0.4, -0.2) is 50.6 Å². The fourth-order valence-electron chi connectivity index (χ4n) is 4.08. The molecule has 1 fully saturated rings. The van der Waals surface area contributed by atoms with Crippen molar-refractivity contribution in [1.29, 1.82) is 0 Å². The smallest absolute Gasteiger partial charge is 0.416 e. The highest BCUT2D eigenvalue weighted by Gasteiger charge is 2.31. The van der Waals surface area contributed by atoms with E-state index < -0.39 is 17.6 Å². The number of carbonyl (C=O) groups excluding carboxylic acids is 1. The molecule has 0 radical (unpaired) electrons. The van der Waals surface area contributed by atoms with E-state index in [0.717, 1.165) is 55.5 Å². The number of benzene rings is 2. The molecule has 0 unspecified atom stereocenters. The van der Waals surface area contributed by atoms with Crippen molar-refractivity contribution in [2.24, 2.45) is 0 Å². The van der Waals surface area contributed by atoms with Crippen molar-refractivity contribution < 1.29 is 27.1 Å². The minimum Gasteiger partial charge on any atom is -0.497 e. The van der Waals surface area contributed by atoms with E-state index in [9.17, 15) is 18.0 Å². The van der Waals surface area contributed by atoms with Gasteiger partial charge in [0.15, 0.2) is 0 Å². The highest BCUT2D eigenvalue weighted by molar-refractivity contribution is 5.94. The number of hydrogen-bond donors (Lipinski definition) is 1. The van der Waals surface area contributed by atoms with Crippen LogP contribution in [-0.2, 0) is 6.18 Å². The highest BCUT2D eigenvalue weighted by atomic mass is 19.4. The zero-order valence-corrected chi connectivity index (χ0v) is 18.7. The zero-order valence-electron chi connectivity index (χ0n) is 18.7. The summed E-state index contributed by atoms with van der Waals surface area (Å²) in [6, 6.07) is 15.6. The van der Waals surface area contributed by atoms with Gasteiger partial charge in [0.1, 0.15) is 11.5 Å². The number of rotatable bonds is 7. The second-order valence-electron chi connectivity index (χ2n) is 8.04. The first kappa shape index (κ1) is 23.7. The van der Waals surface area contributed by atoms with Crippen molar-refractivity contribution in [3.8, 4) is 5.75 Å². The number of furan rings is 1. The van der Waals surface area contributed by atoms with Crippen LogP contribution in [0.4, 0.5) is 18.9 Å². The zero-order chi connectivity index (χ0) is 24.1. The van der Waals surface area contributed by atoms with Crippen LogP contribution in [0, 0.1) is 0 Å². The fourth-order valence-corrected chi connectivity index (χ4v) is 4.08. The third-order valence-corrected chi connectivity index (χ3v) is 5.99. The summed E-state index contributed by atoms with van der Waals surface area (Å²) in [4.78, 5) is 17.1. The van der Waals surface area contributed by atoms with Crippen molar-refractivity contribution in [1.82, 2.24) is 10.2 Å². The van der Waals surface area contributed by atoms with Crippen LogP contribution in [0.2, 0.25) is 0 Å². The lowest BCUT2D eigenvalue weighted by molar-refractivity contribution is -0.137. The van der Waals surface area contributed by atoms with Gasteiger partial charge in [0, 0.05) is 44.0 Å². The molecule has 0 saturated carbocycles. The molecule has 1 atom stereocenters. The molecule has 2 heterocycles. The first-order chi connectivity index (χ1) is 16.3. The van der Waals surface area contributed by atoms with E-state index in [4.69, 9.17) is 9.15 Å². The van der Waals surface area contributed by atoms with E-state index in [0.29, 0.717) is 0 Å². The van der Waals surface area contributed by atoms with E-state index in [1.807, 2.05) is 30.3 Å². The van der Waals surface area contributed by atoms with Gasteiger partial charge in [0.25, 0.3) is 5.91 Å². The fraction of sp³-hybridized carbons (Fsp3) is 0.320. The summed E-state index contributed by atoms with van der Waals surface area (Å²) in [6.45, 7) is 3.39. The Hall–Kier alpha value is -3.46. The quantitative estimate of drug-likeness (QED) is 0.544. The summed E-state index contributed by atoms with van der Waals surface area (Å²) in [6.07, 6.45) is -2.85. The maximum Gasteiger partial charge on any atom is 0.416 e. The molecule has 2 aromatic carbocycles. The first-order valence-electron chi connectivity index (χ1n) is 11.0. The van der Waals surface area contributed by atoms with Crippen LogP contribution in [0.5, 0.6) is 5.75 Å². The number of ether oxygens (including phenoxy) is 1. The van der Waals surface area contributed by atoms with Crippen LogP contribution in [0.3, 0.4) is 0 Å². The lowest BCUT2D eigenvalue weighted by atomic mass is 10.1. The van der Waals surface area contributed by atoms with E-state index >= 15 is 0 Å². The molecule has 0 bridgehead atoms. The molecule has 6 nitrogen and oxygen atoms in total. The van der Waals surface area contributed by atoms with Gasteiger partial charge in [-0.05, 0) is 60.7 Å². The molecular weight excluding hydrogens is 447 g/mol. The Balaban J connectivity index is 1.38. The van der Waals surface area contributed by atoms with Crippen LogP contribution in [0.1, 0.15) is 27.7 Å². The number of nitrogens with zero attached hydrogens (tertiary/aromatic N) is 2. The average Bonchev–Trinajstić information content (AvgIpc) is 3.39. The van der Waals surface area contributed by atoms with Gasteiger partial charge in [0.05, 0.1) is 25.0 Å². The number of hydrogen-bond acceptors (Lipinski definition) is 5. The minimum atomic E-state index is -4.44. The van der Waals surface area contributed by atoms with Crippen LogP contribution < -0.4 is 15.0 Å². The summed E-state index contributed by atoms with van der Waals surface area (Å²) < 4.78 is 49.2. The molecule has 180 valence electrons. The topological polar surface area (TPSA) is 58.0 Å². The molecule has 34 heavy (non-hydrogen) atoms. The number of carbonyl (C=O) groups is 1. The minimum absolute atomic E-state index is 0.176. The predicted molar refractivity (Wildman–Crippen MR) is 122 cm³/mol. The number of piperazine rings is 1. The maximum absolute atomic E-state index is 12.8. The van der Waals surface area contributed by atoms with Gasteiger partial charge in [-0.15, -0.1) is 0 Å². The number of halogens is 3. The second kappa shape index (κ2) is 10.2. The van der Waals surface area contributed by atoms with E-state index in [-0.39, 0.29) is 18.2 Å². The third kappa shape index (κ3) is 5.53. The summed E-state index contributed by atoms with van der Waals surface area (Å²) in [5.74, 6) is 1.11. The summed E-state index contributed by atoms with van der Waals surface area (Å²) in [5, 5.41) is 2.85. The second-order valence-corrected chi connectivity index (χ2v) is 8.04. The number of anilines is 1. The molecule has 0 spiro atoms. The lowest BCUT2D eigenvalue weighted by Crippen LogP contribution is -2.49. The molecule has 3 aromatic rings. The van der Waals surface area contributed by atoms with Gasteiger partial charge in [-0.3, -0.25) is 9.69 Å². The Kier molecular flexibility index (Phi) is 7.12. The molecular formula is C25H26F3N3O3. The van der Waals surface area contributed by atoms with Crippen molar-refractivity contribution >= 4 is 11.6 Å². The van der Waals surface area contributed by atoms with Gasteiger partial charge in [-0.1, -0.05) is 0 Å². The standard InChI is InChI=1S/C25H26F3N3O3/c1-33-21-10-8-20(9-11-21)30-12-14-31(15-13-30)22(23-3-2-16-34-23)17-29-24(32)18-4-6-19(7-5-18)25(26,27)28/h2-11,16,22H,12-15,17H2,1H3,(H,29,32)/t22-/m1/s1. The number of alkyl halides is 3. The Morgan fingerprint density at radius 3 is 2.26 bits per heavy atom. The Morgan fingerprint density at radius 1 is 1.03 bits per heavy atom. The van der Waals surface area contributed by atoms with Crippen molar-refractivity contribution in [3.05, 3.63) is 83.8 Å². The van der Waals surface area contributed by atoms with Crippen LogP contribution >= 0.6 is 0 Å². The Labute approximate surface area is 195 Å². The van der Waals surface area contributed by atoms with Crippen molar-refractivity contribution in [3.63, 3.8) is 0 Å². The maximum atomic E-state index is 12.8. The number of amides is 1. The average molecular weight is 473 g/mol. The van der Waals surface area contributed by atoms with Gasteiger partial charge < -0.3 is 19.4 Å². The van der Waals surface area contributed by atoms with Crippen LogP contribution in [0.25, 0.3) is 0 Å². The molecule has 1 aliphatic heterocycles. The van der Waals surface area contributed by atoms with Crippen molar-refractivity contribution in [2.75, 3.05) is 44.7 Å². The number of nitrogens with one attached hydrogen (secondary N) is 1. The normalized spacial score (nSPS) is 15.7. The molecule has 1 aromatic heterocycles. The van der Waals surface area contributed by atoms with E-state index in [1.165, 1.54) is 12.1 Å². The summed E-state index contributed by atoms with van der Waals surface area (Å²) >= 11 is 0. The SMILES string of the molecule is COc1ccc(N2CCN([C@H](CNC(=O)c3ccc(C(F)(F)F)cc3)c3ccco3)CC2)cc1. The summed E-state index contributed by atoms with van der Waals surface area (Å²) in [7, 11) is 1.64. The van der Waals surface area contributed by atoms with E-state index in [1.54, 1.807) is 19.4 Å². The summed E-state index contributed by atoms with van der Waals surface area (Å²) in [5.41, 5.74) is 0.508. The molecule has 9 heteroatoms. The third-order valence-electron chi connectivity index (χ3n) is 5.99. The molecule has 0 aliphatic carbocycles. The van der Waals surface area contributed by atoms with Crippen molar-refractivity contribution in [2.45, 2.75) is 12.2 Å². The van der Waals surface area contributed by atoms with Crippen LogP contribution in [0.15, 0.2) is 71.3 Å². The van der Waals surface area contributed by atoms with Gasteiger partial charge in [-0.25, -0.2) is 0 Å². The van der Waals surface area contributed by atoms with Gasteiger partial charge in [-0.2, -0.15) is 13.2 Å². The van der Waals surface area contributed by atoms with Gasteiger partial charge >= 0.3 is 6.18 Å². The van der Waals surface area contributed by atoms with E-state index in [2.05, 4.69) is 15.1 Å².